The quantitative estimate of drug-likeness (QED) is 0.827. The number of aryl methyl sites for hydroxylation is 2. The first-order valence-corrected chi connectivity index (χ1v) is 7.14. The minimum atomic E-state index is -0.334. The first kappa shape index (κ1) is 11.2. The number of likely N-dealkylation sites (tertiary alicyclic amines) is 1. The third-order valence-electron chi connectivity index (χ3n) is 3.64. The van der Waals surface area contributed by atoms with Gasteiger partial charge in [0.2, 0.25) is 0 Å². The van der Waals surface area contributed by atoms with Gasteiger partial charge in [0, 0.05) is 18.0 Å². The summed E-state index contributed by atoms with van der Waals surface area (Å²) in [6.07, 6.45) is 4.90. The van der Waals surface area contributed by atoms with E-state index in [9.17, 15) is 9.90 Å². The number of β-amino-alcohol motifs (C(OH)–C–C–N with tert-alkyl or cyclic N) is 1. The summed E-state index contributed by atoms with van der Waals surface area (Å²) in [6, 6.07) is 2.07. The van der Waals surface area contributed by atoms with Crippen LogP contribution in [0.3, 0.4) is 0 Å². The van der Waals surface area contributed by atoms with E-state index in [1.54, 1.807) is 16.2 Å². The predicted molar refractivity (Wildman–Crippen MR) is 67.5 cm³/mol. The molecule has 0 bridgehead atoms. The average molecular weight is 251 g/mol. The summed E-state index contributed by atoms with van der Waals surface area (Å²) in [5.41, 5.74) is 1.37. The van der Waals surface area contributed by atoms with Crippen LogP contribution < -0.4 is 0 Å². The van der Waals surface area contributed by atoms with E-state index in [0.717, 1.165) is 37.1 Å². The van der Waals surface area contributed by atoms with Crippen molar-refractivity contribution in [2.24, 2.45) is 0 Å². The molecule has 3 rings (SSSR count). The summed E-state index contributed by atoms with van der Waals surface area (Å²) in [7, 11) is 0. The van der Waals surface area contributed by atoms with Gasteiger partial charge in [0.1, 0.15) is 0 Å². The standard InChI is InChI=1S/C13H17NO2S/c15-10-4-2-6-14(8-10)13(16)12-7-9-3-1-5-11(9)17-12/h7,10,15H,1-6,8H2/t10-/m0/s1. The maximum absolute atomic E-state index is 12.3. The number of aliphatic hydroxyl groups excluding tert-OH is 1. The zero-order valence-electron chi connectivity index (χ0n) is 9.82. The molecule has 1 N–H and O–H groups in total. The Kier molecular flexibility index (Phi) is 2.92. The number of carbonyl (C=O) groups excluding carboxylic acids is 1. The number of aliphatic hydroxyl groups is 1. The van der Waals surface area contributed by atoms with Gasteiger partial charge < -0.3 is 10.0 Å². The van der Waals surface area contributed by atoms with Crippen LogP contribution in [-0.4, -0.2) is 35.1 Å². The summed E-state index contributed by atoms with van der Waals surface area (Å²) in [5.74, 6) is 0.114. The molecule has 3 nitrogen and oxygen atoms in total. The Balaban J connectivity index is 1.76. The van der Waals surface area contributed by atoms with Gasteiger partial charge in [0.15, 0.2) is 0 Å². The summed E-state index contributed by atoms with van der Waals surface area (Å²) >= 11 is 1.65. The summed E-state index contributed by atoms with van der Waals surface area (Å²) in [6.45, 7) is 1.29. The average Bonchev–Trinajstić information content (AvgIpc) is 2.88. The maximum Gasteiger partial charge on any atom is 0.264 e. The molecule has 0 spiro atoms. The molecule has 92 valence electrons. The molecule has 0 radical (unpaired) electrons. The van der Waals surface area contributed by atoms with E-state index in [-0.39, 0.29) is 12.0 Å². The van der Waals surface area contributed by atoms with Crippen molar-refractivity contribution in [2.45, 2.75) is 38.2 Å². The smallest absolute Gasteiger partial charge is 0.264 e. The Morgan fingerprint density at radius 2 is 2.29 bits per heavy atom. The number of amides is 1. The second kappa shape index (κ2) is 4.42. The van der Waals surface area contributed by atoms with E-state index in [0.29, 0.717) is 6.54 Å². The molecule has 1 aromatic rings. The topological polar surface area (TPSA) is 40.5 Å². The zero-order chi connectivity index (χ0) is 11.8. The minimum Gasteiger partial charge on any atom is -0.391 e. The molecule has 2 aliphatic rings. The van der Waals surface area contributed by atoms with Crippen LogP contribution in [0.15, 0.2) is 6.07 Å². The number of nitrogens with zero attached hydrogens (tertiary/aromatic N) is 1. The molecular formula is C13H17NO2S. The number of carbonyl (C=O) groups is 1. The molecule has 1 aromatic heterocycles. The highest BCUT2D eigenvalue weighted by molar-refractivity contribution is 7.14. The summed E-state index contributed by atoms with van der Waals surface area (Å²) < 4.78 is 0. The third-order valence-corrected chi connectivity index (χ3v) is 4.87. The van der Waals surface area contributed by atoms with E-state index in [1.165, 1.54) is 16.9 Å². The van der Waals surface area contributed by atoms with Crippen molar-refractivity contribution >= 4 is 17.2 Å². The van der Waals surface area contributed by atoms with Gasteiger partial charge in [0.05, 0.1) is 11.0 Å². The van der Waals surface area contributed by atoms with Crippen molar-refractivity contribution < 1.29 is 9.90 Å². The number of thiophene rings is 1. The lowest BCUT2D eigenvalue weighted by atomic mass is 10.1. The van der Waals surface area contributed by atoms with Gasteiger partial charge in [-0.3, -0.25) is 4.79 Å². The second-order valence-electron chi connectivity index (χ2n) is 4.96. The van der Waals surface area contributed by atoms with E-state index >= 15 is 0 Å². The first-order valence-electron chi connectivity index (χ1n) is 6.33. The molecule has 0 unspecified atom stereocenters. The Labute approximate surface area is 105 Å². The van der Waals surface area contributed by atoms with Crippen LogP contribution in [0.5, 0.6) is 0 Å². The molecule has 1 aliphatic carbocycles. The van der Waals surface area contributed by atoms with Crippen molar-refractivity contribution in [3.8, 4) is 0 Å². The molecule has 1 fully saturated rings. The van der Waals surface area contributed by atoms with Crippen molar-refractivity contribution in [2.75, 3.05) is 13.1 Å². The van der Waals surface area contributed by atoms with Gasteiger partial charge in [-0.1, -0.05) is 0 Å². The lowest BCUT2D eigenvalue weighted by Gasteiger charge is -2.29. The van der Waals surface area contributed by atoms with Crippen molar-refractivity contribution in [3.05, 3.63) is 21.4 Å². The summed E-state index contributed by atoms with van der Waals surface area (Å²) in [5, 5.41) is 9.60. The highest BCUT2D eigenvalue weighted by Gasteiger charge is 2.26. The Morgan fingerprint density at radius 1 is 1.41 bits per heavy atom. The molecular weight excluding hydrogens is 234 g/mol. The number of rotatable bonds is 1. The largest absolute Gasteiger partial charge is 0.391 e. The van der Waals surface area contributed by atoms with Gasteiger partial charge in [-0.2, -0.15) is 0 Å². The van der Waals surface area contributed by atoms with Crippen LogP contribution in [0.2, 0.25) is 0 Å². The van der Waals surface area contributed by atoms with Crippen LogP contribution >= 0.6 is 11.3 Å². The predicted octanol–water partition coefficient (Wildman–Crippen LogP) is 1.83. The zero-order valence-corrected chi connectivity index (χ0v) is 10.6. The lowest BCUT2D eigenvalue weighted by molar-refractivity contribution is 0.0477. The van der Waals surface area contributed by atoms with Gasteiger partial charge in [-0.25, -0.2) is 0 Å². The Morgan fingerprint density at radius 3 is 3.06 bits per heavy atom. The van der Waals surface area contributed by atoms with E-state index in [2.05, 4.69) is 6.07 Å². The van der Waals surface area contributed by atoms with E-state index in [1.807, 2.05) is 0 Å². The summed E-state index contributed by atoms with van der Waals surface area (Å²) in [4.78, 5) is 16.3. The van der Waals surface area contributed by atoms with Crippen LogP contribution in [0, 0.1) is 0 Å². The molecule has 1 aliphatic heterocycles. The van der Waals surface area contributed by atoms with E-state index < -0.39 is 0 Å². The molecule has 4 heteroatoms. The fourth-order valence-electron chi connectivity index (χ4n) is 2.73. The molecule has 0 aromatic carbocycles. The molecule has 2 heterocycles. The molecule has 17 heavy (non-hydrogen) atoms. The lowest BCUT2D eigenvalue weighted by Crippen LogP contribution is -2.41. The van der Waals surface area contributed by atoms with Crippen LogP contribution in [0.1, 0.15) is 39.4 Å². The number of fused-ring (bicyclic) bond motifs is 1. The Hall–Kier alpha value is -0.870. The highest BCUT2D eigenvalue weighted by Crippen LogP contribution is 2.31. The molecule has 1 saturated heterocycles. The highest BCUT2D eigenvalue weighted by atomic mass is 32.1. The van der Waals surface area contributed by atoms with Gasteiger partial charge in [-0.15, -0.1) is 11.3 Å². The monoisotopic (exact) mass is 251 g/mol. The molecule has 1 amide bonds. The van der Waals surface area contributed by atoms with E-state index in [4.69, 9.17) is 0 Å². The van der Waals surface area contributed by atoms with Crippen LogP contribution in [0.25, 0.3) is 0 Å². The van der Waals surface area contributed by atoms with Gasteiger partial charge in [-0.05, 0) is 43.7 Å². The number of piperidine rings is 1. The fraction of sp³-hybridized carbons (Fsp3) is 0.615. The van der Waals surface area contributed by atoms with Crippen LogP contribution in [-0.2, 0) is 12.8 Å². The Bertz CT molecular complexity index is 419. The third kappa shape index (κ3) is 2.11. The maximum atomic E-state index is 12.3. The fourth-order valence-corrected chi connectivity index (χ4v) is 3.95. The van der Waals surface area contributed by atoms with Crippen molar-refractivity contribution in [3.63, 3.8) is 0 Å². The van der Waals surface area contributed by atoms with Gasteiger partial charge in [0.25, 0.3) is 5.91 Å². The number of hydrogen-bond donors (Lipinski definition) is 1. The SMILES string of the molecule is O=C(c1cc2c(s1)CCC2)N1CCC[C@H](O)C1. The second-order valence-corrected chi connectivity index (χ2v) is 6.10. The van der Waals surface area contributed by atoms with Crippen molar-refractivity contribution in [1.82, 2.24) is 4.90 Å². The van der Waals surface area contributed by atoms with Gasteiger partial charge >= 0.3 is 0 Å². The van der Waals surface area contributed by atoms with Crippen molar-refractivity contribution in [1.29, 1.82) is 0 Å². The van der Waals surface area contributed by atoms with Crippen LogP contribution in [0.4, 0.5) is 0 Å². The minimum absolute atomic E-state index is 0.114. The molecule has 0 saturated carbocycles. The number of hydrogen-bond acceptors (Lipinski definition) is 3. The normalized spacial score (nSPS) is 23.8. The first-order chi connectivity index (χ1) is 8.24. The molecule has 1 atom stereocenters.